The van der Waals surface area contributed by atoms with Crippen LogP contribution in [-0.4, -0.2) is 15.1 Å². The van der Waals surface area contributed by atoms with Crippen molar-refractivity contribution in [3.8, 4) is 0 Å². The van der Waals surface area contributed by atoms with E-state index in [1.165, 1.54) is 16.8 Å². The molecule has 2 aromatic rings. The Hall–Kier alpha value is -1.09. The van der Waals surface area contributed by atoms with Crippen LogP contribution in [0.5, 0.6) is 0 Å². The van der Waals surface area contributed by atoms with Crippen LogP contribution in [0.15, 0.2) is 36.5 Å². The van der Waals surface area contributed by atoms with Gasteiger partial charge in [0.1, 0.15) is 0 Å². The first-order valence-electron chi connectivity index (χ1n) is 6.27. The van der Waals surface area contributed by atoms with Gasteiger partial charge in [-0.15, -0.1) is 0 Å². The van der Waals surface area contributed by atoms with E-state index in [0.29, 0.717) is 5.92 Å². The van der Waals surface area contributed by atoms with E-state index in [1.807, 2.05) is 17.9 Å². The Kier molecular flexibility index (Phi) is 4.59. The van der Waals surface area contributed by atoms with Gasteiger partial charge in [-0.1, -0.05) is 45.8 Å². The van der Waals surface area contributed by atoms with Crippen LogP contribution in [0.25, 0.3) is 0 Å². The quantitative estimate of drug-likeness (QED) is 0.773. The number of nitrogens with zero attached hydrogens (tertiary/aromatic N) is 2. The van der Waals surface area contributed by atoms with Crippen LogP contribution >= 0.6 is 15.9 Å². The topological polar surface area (TPSA) is 17.8 Å². The molecule has 3 heteroatoms. The molecule has 0 bridgehead atoms. The third-order valence-electron chi connectivity index (χ3n) is 3.13. The van der Waals surface area contributed by atoms with Crippen molar-refractivity contribution in [3.63, 3.8) is 0 Å². The van der Waals surface area contributed by atoms with E-state index in [9.17, 15) is 0 Å². The molecule has 0 aliphatic carbocycles. The van der Waals surface area contributed by atoms with Gasteiger partial charge in [0.25, 0.3) is 0 Å². The number of benzene rings is 1. The molecular formula is C15H19BrN2. The van der Waals surface area contributed by atoms with E-state index < -0.39 is 0 Å². The molecule has 0 N–H and O–H groups in total. The Bertz CT molecular complexity index is 487. The molecule has 96 valence electrons. The van der Waals surface area contributed by atoms with Crippen LogP contribution in [0.2, 0.25) is 0 Å². The highest BCUT2D eigenvalue weighted by Gasteiger charge is 2.11. The summed E-state index contributed by atoms with van der Waals surface area (Å²) in [5, 5.41) is 5.46. The monoisotopic (exact) mass is 306 g/mol. The second-order valence-corrected chi connectivity index (χ2v) is 5.54. The van der Waals surface area contributed by atoms with Crippen molar-refractivity contribution in [2.75, 3.05) is 5.33 Å². The van der Waals surface area contributed by atoms with Crippen LogP contribution in [0.1, 0.15) is 16.8 Å². The fraction of sp³-hybridized carbons (Fsp3) is 0.400. The fourth-order valence-electron chi connectivity index (χ4n) is 2.11. The van der Waals surface area contributed by atoms with E-state index in [4.69, 9.17) is 0 Å². The van der Waals surface area contributed by atoms with E-state index in [2.05, 4.69) is 58.3 Å². The number of halogens is 1. The Balaban J connectivity index is 1.99. The van der Waals surface area contributed by atoms with Gasteiger partial charge in [0.05, 0.1) is 5.69 Å². The molecule has 1 atom stereocenters. The number of hydrogen-bond acceptors (Lipinski definition) is 1. The normalized spacial score (nSPS) is 12.6. The summed E-state index contributed by atoms with van der Waals surface area (Å²) in [6.07, 6.45) is 4.13. The lowest BCUT2D eigenvalue weighted by atomic mass is 9.96. The first kappa shape index (κ1) is 13.3. The molecule has 0 saturated heterocycles. The van der Waals surface area contributed by atoms with Gasteiger partial charge in [0.2, 0.25) is 0 Å². The fourth-order valence-corrected chi connectivity index (χ4v) is 2.56. The molecule has 2 nitrogen and oxygen atoms in total. The van der Waals surface area contributed by atoms with Crippen molar-refractivity contribution in [1.82, 2.24) is 9.78 Å². The van der Waals surface area contributed by atoms with E-state index in [-0.39, 0.29) is 0 Å². The zero-order valence-corrected chi connectivity index (χ0v) is 12.5. The zero-order valence-electron chi connectivity index (χ0n) is 10.9. The predicted octanol–water partition coefficient (Wildman–Crippen LogP) is 3.52. The maximum atomic E-state index is 4.45. The third kappa shape index (κ3) is 3.70. The molecule has 0 amide bonds. The first-order valence-corrected chi connectivity index (χ1v) is 7.39. The van der Waals surface area contributed by atoms with Gasteiger partial charge in [-0.25, -0.2) is 0 Å². The van der Waals surface area contributed by atoms with Crippen molar-refractivity contribution < 1.29 is 0 Å². The molecule has 1 unspecified atom stereocenters. The SMILES string of the molecule is Cc1ccc(CC(CBr)Cc2ccn(C)n2)cc1. The van der Waals surface area contributed by atoms with Crippen LogP contribution in [-0.2, 0) is 19.9 Å². The second-order valence-electron chi connectivity index (χ2n) is 4.89. The Morgan fingerprint density at radius 3 is 2.44 bits per heavy atom. The summed E-state index contributed by atoms with van der Waals surface area (Å²) in [5.41, 5.74) is 3.90. The van der Waals surface area contributed by atoms with Crippen LogP contribution in [0.3, 0.4) is 0 Å². The standard InChI is InChI=1S/C15H19BrN2/c1-12-3-5-13(6-4-12)9-14(11-16)10-15-7-8-18(2)17-15/h3-8,14H,9-11H2,1-2H3. The van der Waals surface area contributed by atoms with Crippen LogP contribution < -0.4 is 0 Å². The minimum atomic E-state index is 0.600. The van der Waals surface area contributed by atoms with Crippen molar-refractivity contribution in [2.24, 2.45) is 13.0 Å². The minimum absolute atomic E-state index is 0.600. The smallest absolute Gasteiger partial charge is 0.0627 e. The summed E-state index contributed by atoms with van der Waals surface area (Å²) >= 11 is 3.62. The molecule has 2 rings (SSSR count). The zero-order chi connectivity index (χ0) is 13.0. The molecule has 0 aliphatic heterocycles. The molecule has 0 saturated carbocycles. The predicted molar refractivity (Wildman–Crippen MR) is 79.1 cm³/mol. The second kappa shape index (κ2) is 6.19. The summed E-state index contributed by atoms with van der Waals surface area (Å²) < 4.78 is 1.87. The molecule has 18 heavy (non-hydrogen) atoms. The molecule has 0 aliphatic rings. The molecule has 0 spiro atoms. The summed E-state index contributed by atoms with van der Waals surface area (Å²) in [5.74, 6) is 0.600. The lowest BCUT2D eigenvalue weighted by molar-refractivity contribution is 0.574. The van der Waals surface area contributed by atoms with Gasteiger partial charge >= 0.3 is 0 Å². The number of hydrogen-bond donors (Lipinski definition) is 0. The van der Waals surface area contributed by atoms with Crippen LogP contribution in [0.4, 0.5) is 0 Å². The van der Waals surface area contributed by atoms with E-state index in [0.717, 1.165) is 18.2 Å². The van der Waals surface area contributed by atoms with Gasteiger partial charge < -0.3 is 0 Å². The number of aryl methyl sites for hydroxylation is 2. The van der Waals surface area contributed by atoms with Crippen LogP contribution in [0, 0.1) is 12.8 Å². The molecule has 1 aromatic heterocycles. The average Bonchev–Trinajstić information content (AvgIpc) is 2.77. The Labute approximate surface area is 117 Å². The third-order valence-corrected chi connectivity index (χ3v) is 4.05. The van der Waals surface area contributed by atoms with Gasteiger partial charge in [-0.05, 0) is 37.3 Å². The maximum absolute atomic E-state index is 4.45. The van der Waals surface area contributed by atoms with Gasteiger partial charge in [0, 0.05) is 18.6 Å². The Morgan fingerprint density at radius 1 is 1.17 bits per heavy atom. The van der Waals surface area contributed by atoms with Gasteiger partial charge in [-0.3, -0.25) is 4.68 Å². The van der Waals surface area contributed by atoms with E-state index in [1.54, 1.807) is 0 Å². The Morgan fingerprint density at radius 2 is 1.89 bits per heavy atom. The van der Waals surface area contributed by atoms with Crippen molar-refractivity contribution in [1.29, 1.82) is 0 Å². The molecule has 0 radical (unpaired) electrons. The highest BCUT2D eigenvalue weighted by Crippen LogP contribution is 2.16. The number of aromatic nitrogens is 2. The first-order chi connectivity index (χ1) is 8.67. The molecule has 1 aromatic carbocycles. The van der Waals surface area contributed by atoms with Crippen molar-refractivity contribution >= 4 is 15.9 Å². The maximum Gasteiger partial charge on any atom is 0.0627 e. The lowest BCUT2D eigenvalue weighted by Crippen LogP contribution is -2.10. The van der Waals surface area contributed by atoms with Crippen molar-refractivity contribution in [2.45, 2.75) is 19.8 Å². The summed E-state index contributed by atoms with van der Waals surface area (Å²) in [6, 6.07) is 10.9. The summed E-state index contributed by atoms with van der Waals surface area (Å²) in [4.78, 5) is 0. The van der Waals surface area contributed by atoms with Gasteiger partial charge in [0.15, 0.2) is 0 Å². The highest BCUT2D eigenvalue weighted by molar-refractivity contribution is 9.09. The van der Waals surface area contributed by atoms with E-state index >= 15 is 0 Å². The minimum Gasteiger partial charge on any atom is -0.276 e. The molecular weight excluding hydrogens is 288 g/mol. The molecule has 1 heterocycles. The van der Waals surface area contributed by atoms with Crippen molar-refractivity contribution in [3.05, 3.63) is 53.3 Å². The molecule has 0 fully saturated rings. The number of rotatable bonds is 5. The summed E-state index contributed by atoms with van der Waals surface area (Å²) in [7, 11) is 1.96. The van der Waals surface area contributed by atoms with Gasteiger partial charge in [-0.2, -0.15) is 5.10 Å². The average molecular weight is 307 g/mol. The number of alkyl halides is 1. The largest absolute Gasteiger partial charge is 0.276 e. The summed E-state index contributed by atoms with van der Waals surface area (Å²) in [6.45, 7) is 2.12. The lowest BCUT2D eigenvalue weighted by Gasteiger charge is -2.12. The highest BCUT2D eigenvalue weighted by atomic mass is 79.9.